The Bertz CT molecular complexity index is 1250. The third kappa shape index (κ3) is 63.1. The first-order chi connectivity index (χ1) is 38.0. The smallest absolute Gasteiger partial charge is 0.305 e. The minimum atomic E-state index is -0.845. The fraction of sp³-hybridized carbons (Fsp3) is 0.887. The van der Waals surface area contributed by atoms with Gasteiger partial charge in [-0.05, 0) is 83.5 Å². The van der Waals surface area contributed by atoms with E-state index in [0.29, 0.717) is 19.4 Å². The normalized spacial score (nSPS) is 12.7. The summed E-state index contributed by atoms with van der Waals surface area (Å²) in [5.74, 6) is -0.0549. The molecule has 2 atom stereocenters. The minimum Gasteiger partial charge on any atom is -0.466 e. The van der Waals surface area contributed by atoms with Crippen LogP contribution in [-0.2, 0) is 14.3 Å². The van der Waals surface area contributed by atoms with Crippen LogP contribution in [0.1, 0.15) is 380 Å². The molecule has 0 aromatic rings. The second kappa shape index (κ2) is 66.6. The monoisotopic (exact) mass is 1080 g/mol. The summed E-state index contributed by atoms with van der Waals surface area (Å²) in [6.45, 7) is 4.92. The van der Waals surface area contributed by atoms with Gasteiger partial charge in [0, 0.05) is 12.8 Å². The molecule has 3 N–H and O–H groups in total. The Balaban J connectivity index is 3.39. The van der Waals surface area contributed by atoms with E-state index in [1.807, 2.05) is 6.08 Å². The molecule has 0 aliphatic carbocycles. The van der Waals surface area contributed by atoms with E-state index in [0.717, 1.165) is 44.9 Å². The van der Waals surface area contributed by atoms with Gasteiger partial charge in [0.25, 0.3) is 0 Å². The molecule has 0 aromatic carbocycles. The van der Waals surface area contributed by atoms with Crippen molar-refractivity contribution in [3.05, 3.63) is 36.5 Å². The predicted octanol–water partition coefficient (Wildman–Crippen LogP) is 22.3. The number of ether oxygens (including phenoxy) is 1. The van der Waals surface area contributed by atoms with Crippen molar-refractivity contribution in [2.45, 2.75) is 392 Å². The maximum atomic E-state index is 12.5. The number of carbonyl (C=O) groups is 2. The molecule has 0 heterocycles. The lowest BCUT2D eigenvalue weighted by Crippen LogP contribution is -2.45. The van der Waals surface area contributed by atoms with Crippen molar-refractivity contribution in [1.82, 2.24) is 5.32 Å². The van der Waals surface area contributed by atoms with Gasteiger partial charge in [-0.3, -0.25) is 9.59 Å². The van der Waals surface area contributed by atoms with Gasteiger partial charge < -0.3 is 20.3 Å². The first-order valence-electron chi connectivity index (χ1n) is 34.8. The Kier molecular flexibility index (Phi) is 64.9. The van der Waals surface area contributed by atoms with Crippen LogP contribution in [0.3, 0.4) is 0 Å². The highest BCUT2D eigenvalue weighted by Gasteiger charge is 2.18. The van der Waals surface area contributed by atoms with Crippen molar-refractivity contribution in [1.29, 1.82) is 0 Å². The molecule has 0 fully saturated rings. The summed E-state index contributed by atoms with van der Waals surface area (Å²) in [4.78, 5) is 24.6. The number of carbonyl (C=O) groups excluding carboxylic acids is 2. The molecular formula is C71H135NO5. The van der Waals surface area contributed by atoms with Gasteiger partial charge in [-0.2, -0.15) is 0 Å². The van der Waals surface area contributed by atoms with Crippen LogP contribution in [0, 0.1) is 0 Å². The van der Waals surface area contributed by atoms with Crippen LogP contribution in [0.2, 0.25) is 0 Å². The van der Waals surface area contributed by atoms with Gasteiger partial charge in [0.2, 0.25) is 5.91 Å². The Morgan fingerprint density at radius 3 is 0.922 bits per heavy atom. The topological polar surface area (TPSA) is 95.9 Å². The lowest BCUT2D eigenvalue weighted by molar-refractivity contribution is -0.143. The molecule has 0 saturated carbocycles. The fourth-order valence-corrected chi connectivity index (χ4v) is 10.8. The summed E-state index contributed by atoms with van der Waals surface area (Å²) in [7, 11) is 0. The van der Waals surface area contributed by atoms with Crippen molar-refractivity contribution in [2.24, 2.45) is 0 Å². The molecule has 0 saturated heterocycles. The fourth-order valence-electron chi connectivity index (χ4n) is 10.8. The molecule has 6 heteroatoms. The van der Waals surface area contributed by atoms with Crippen molar-refractivity contribution >= 4 is 11.9 Å². The summed E-state index contributed by atoms with van der Waals surface area (Å²) in [5.41, 5.74) is 0. The minimum absolute atomic E-state index is 0.0118. The molecule has 1 amide bonds. The highest BCUT2D eigenvalue weighted by molar-refractivity contribution is 5.76. The van der Waals surface area contributed by atoms with E-state index in [1.54, 1.807) is 6.08 Å². The van der Waals surface area contributed by atoms with Crippen molar-refractivity contribution < 1.29 is 24.5 Å². The molecule has 454 valence electrons. The van der Waals surface area contributed by atoms with Crippen LogP contribution in [0.25, 0.3) is 0 Å². The van der Waals surface area contributed by atoms with E-state index < -0.39 is 12.1 Å². The highest BCUT2D eigenvalue weighted by atomic mass is 16.5. The maximum absolute atomic E-state index is 12.5. The van der Waals surface area contributed by atoms with Gasteiger partial charge in [-0.1, -0.05) is 320 Å². The number of hydrogen-bond donors (Lipinski definition) is 3. The van der Waals surface area contributed by atoms with Crippen LogP contribution < -0.4 is 5.32 Å². The standard InChI is InChI=1S/C71H135NO5/c1-3-5-7-9-11-13-15-17-19-32-37-41-45-49-53-57-61-65-71(76)77-66-62-58-54-50-46-42-38-34-31-29-27-25-23-21-22-24-26-28-30-33-36-40-44-48-52-56-60-64-70(75)72-68(67-73)69(74)63-59-55-51-47-43-39-35-20-18-16-14-12-10-8-6-4-2/h17,19,21-22,59,63,68-69,73-74H,3-16,18,20,23-58,60-62,64-67H2,1-2H3,(H,72,75)/b19-17-,22-21-,63-59+. The van der Waals surface area contributed by atoms with E-state index in [-0.39, 0.29) is 18.5 Å². The van der Waals surface area contributed by atoms with E-state index in [4.69, 9.17) is 4.74 Å². The average molecular weight is 1080 g/mol. The Morgan fingerprint density at radius 2 is 0.610 bits per heavy atom. The van der Waals surface area contributed by atoms with Crippen LogP contribution in [0.4, 0.5) is 0 Å². The molecule has 0 radical (unpaired) electrons. The number of amides is 1. The van der Waals surface area contributed by atoms with E-state index in [2.05, 4.69) is 43.5 Å². The number of unbranched alkanes of at least 4 members (excludes halogenated alkanes) is 50. The second-order valence-electron chi connectivity index (χ2n) is 23.9. The second-order valence-corrected chi connectivity index (χ2v) is 23.9. The molecule has 0 rings (SSSR count). The van der Waals surface area contributed by atoms with Gasteiger partial charge in [-0.15, -0.1) is 0 Å². The van der Waals surface area contributed by atoms with E-state index in [9.17, 15) is 19.8 Å². The van der Waals surface area contributed by atoms with Crippen molar-refractivity contribution in [2.75, 3.05) is 13.2 Å². The lowest BCUT2D eigenvalue weighted by atomic mass is 10.0. The third-order valence-corrected chi connectivity index (χ3v) is 16.1. The average Bonchev–Trinajstić information content (AvgIpc) is 3.43. The van der Waals surface area contributed by atoms with Crippen LogP contribution in [0.5, 0.6) is 0 Å². The van der Waals surface area contributed by atoms with Crippen LogP contribution >= 0.6 is 0 Å². The Morgan fingerprint density at radius 1 is 0.351 bits per heavy atom. The molecule has 0 bridgehead atoms. The first kappa shape index (κ1) is 75.1. The number of nitrogens with one attached hydrogen (secondary N) is 1. The summed E-state index contributed by atoms with van der Waals surface area (Å²) < 4.78 is 5.50. The maximum Gasteiger partial charge on any atom is 0.305 e. The zero-order valence-corrected chi connectivity index (χ0v) is 52.0. The first-order valence-corrected chi connectivity index (χ1v) is 34.8. The molecule has 0 spiro atoms. The molecule has 77 heavy (non-hydrogen) atoms. The molecule has 0 aromatic heterocycles. The predicted molar refractivity (Wildman–Crippen MR) is 338 cm³/mol. The van der Waals surface area contributed by atoms with Gasteiger partial charge in [-0.25, -0.2) is 0 Å². The van der Waals surface area contributed by atoms with Gasteiger partial charge in [0.15, 0.2) is 0 Å². The highest BCUT2D eigenvalue weighted by Crippen LogP contribution is 2.18. The number of rotatable bonds is 65. The summed E-state index contributed by atoms with van der Waals surface area (Å²) >= 11 is 0. The molecular weight excluding hydrogens is 947 g/mol. The number of aliphatic hydroxyl groups excluding tert-OH is 2. The van der Waals surface area contributed by atoms with E-state index >= 15 is 0 Å². The number of hydrogen-bond acceptors (Lipinski definition) is 5. The van der Waals surface area contributed by atoms with E-state index in [1.165, 1.54) is 308 Å². The summed E-state index contributed by atoms with van der Waals surface area (Å²) in [6.07, 6.45) is 85.0. The third-order valence-electron chi connectivity index (χ3n) is 16.1. The molecule has 6 nitrogen and oxygen atoms in total. The van der Waals surface area contributed by atoms with Crippen LogP contribution in [0.15, 0.2) is 36.5 Å². The Labute approximate surface area is 481 Å². The largest absolute Gasteiger partial charge is 0.466 e. The van der Waals surface area contributed by atoms with Gasteiger partial charge >= 0.3 is 5.97 Å². The van der Waals surface area contributed by atoms with Gasteiger partial charge in [0.1, 0.15) is 0 Å². The number of aliphatic hydroxyl groups is 2. The lowest BCUT2D eigenvalue weighted by Gasteiger charge is -2.20. The number of allylic oxidation sites excluding steroid dienone is 5. The van der Waals surface area contributed by atoms with Crippen molar-refractivity contribution in [3.63, 3.8) is 0 Å². The molecule has 0 aliphatic rings. The molecule has 0 aliphatic heterocycles. The number of esters is 1. The summed E-state index contributed by atoms with van der Waals surface area (Å²) in [6, 6.07) is -0.629. The zero-order chi connectivity index (χ0) is 55.7. The SMILES string of the molecule is CCCCCCCC/C=C\CCCCCCCCCC(=O)OCCCCCCCCCCCCCC/C=C\CCCCCCCCCCCCCC(=O)NC(CO)C(O)/C=C/CCCCCCCCCCCCCCCC. The quantitative estimate of drug-likeness (QED) is 0.0320. The van der Waals surface area contributed by atoms with Gasteiger partial charge in [0.05, 0.1) is 25.4 Å². The summed E-state index contributed by atoms with van der Waals surface area (Å²) in [5, 5.41) is 23.2. The van der Waals surface area contributed by atoms with Crippen molar-refractivity contribution in [3.8, 4) is 0 Å². The zero-order valence-electron chi connectivity index (χ0n) is 52.0. The molecule has 2 unspecified atom stereocenters. The Hall–Kier alpha value is -1.92. The van der Waals surface area contributed by atoms with Crippen LogP contribution in [-0.4, -0.2) is 47.4 Å².